The summed E-state index contributed by atoms with van der Waals surface area (Å²) in [6.45, 7) is 0. The van der Waals surface area contributed by atoms with Gasteiger partial charge in [-0.25, -0.2) is 0 Å². The first-order chi connectivity index (χ1) is 29.7. The highest BCUT2D eigenvalue weighted by Crippen LogP contribution is 2.47. The molecule has 0 amide bonds. The van der Waals surface area contributed by atoms with E-state index in [1.54, 1.807) is 0 Å². The van der Waals surface area contributed by atoms with Crippen molar-refractivity contribution in [3.63, 3.8) is 0 Å². The van der Waals surface area contributed by atoms with E-state index in [9.17, 15) is 0 Å². The van der Waals surface area contributed by atoms with Gasteiger partial charge in [-0.15, -0.1) is 0 Å². The fourth-order valence-electron chi connectivity index (χ4n) is 10.5. The molecule has 60 heavy (non-hydrogen) atoms. The standard InChI is InChI=1S/C60H36/c1-7-19-46-37(13-1)25-28-52-55(46)34-40-16-4-10-22-49(40)58(52)43-31-44(59-50-23-11-5-17-41(50)35-56-47-20-8-2-14-38(47)26-29-53(56)59)33-45(32-43)60-51-24-12-6-18-42(51)36-57-48-21-9-3-15-39(48)27-30-54(57)60/h1-36H. The van der Waals surface area contributed by atoms with Gasteiger partial charge < -0.3 is 0 Å². The highest BCUT2D eigenvalue weighted by molar-refractivity contribution is 6.25. The summed E-state index contributed by atoms with van der Waals surface area (Å²) in [6, 6.07) is 81.9. The Kier molecular flexibility index (Phi) is 7.11. The molecule has 0 aliphatic rings. The summed E-state index contributed by atoms with van der Waals surface area (Å²) in [4.78, 5) is 0. The summed E-state index contributed by atoms with van der Waals surface area (Å²) in [5.74, 6) is 0. The fourth-order valence-corrected chi connectivity index (χ4v) is 10.5. The summed E-state index contributed by atoms with van der Waals surface area (Å²) in [5.41, 5.74) is 7.43. The van der Waals surface area contributed by atoms with Crippen molar-refractivity contribution in [1.82, 2.24) is 0 Å². The zero-order valence-corrected chi connectivity index (χ0v) is 32.8. The number of rotatable bonds is 3. The second-order valence-corrected chi connectivity index (χ2v) is 16.4. The van der Waals surface area contributed by atoms with E-state index in [0.717, 1.165) is 0 Å². The molecule has 0 unspecified atom stereocenters. The van der Waals surface area contributed by atoms with Crippen molar-refractivity contribution in [1.29, 1.82) is 0 Å². The van der Waals surface area contributed by atoms with Crippen molar-refractivity contribution in [2.24, 2.45) is 0 Å². The molecule has 0 N–H and O–H groups in total. The molecular formula is C60H36. The predicted octanol–water partition coefficient (Wildman–Crippen LogP) is 17.1. The number of hydrogen-bond acceptors (Lipinski definition) is 0. The van der Waals surface area contributed by atoms with Gasteiger partial charge in [-0.2, -0.15) is 0 Å². The third-order valence-corrected chi connectivity index (χ3v) is 13.1. The van der Waals surface area contributed by atoms with Crippen LogP contribution in [0.15, 0.2) is 218 Å². The van der Waals surface area contributed by atoms with Gasteiger partial charge in [0.15, 0.2) is 0 Å². The number of fused-ring (bicyclic) bond motifs is 12. The van der Waals surface area contributed by atoms with Crippen LogP contribution < -0.4 is 0 Å². The molecule has 0 aliphatic heterocycles. The van der Waals surface area contributed by atoms with Crippen molar-refractivity contribution in [2.75, 3.05) is 0 Å². The minimum Gasteiger partial charge on any atom is -0.0616 e. The first kappa shape index (κ1) is 33.2. The summed E-state index contributed by atoms with van der Waals surface area (Å²) >= 11 is 0. The molecule has 276 valence electrons. The molecule has 0 aromatic heterocycles. The lowest BCUT2D eigenvalue weighted by Crippen LogP contribution is -1.93. The van der Waals surface area contributed by atoms with E-state index in [1.165, 1.54) is 130 Å². The maximum Gasteiger partial charge on any atom is -0.00262 e. The summed E-state index contributed by atoms with van der Waals surface area (Å²) in [7, 11) is 0. The van der Waals surface area contributed by atoms with Gasteiger partial charge in [0, 0.05) is 0 Å². The monoisotopic (exact) mass is 756 g/mol. The van der Waals surface area contributed by atoms with Crippen molar-refractivity contribution in [3.05, 3.63) is 218 Å². The Hall–Kier alpha value is -7.80. The molecule has 0 nitrogen and oxygen atoms in total. The topological polar surface area (TPSA) is 0 Å². The molecule has 0 fully saturated rings. The van der Waals surface area contributed by atoms with Crippen LogP contribution in [-0.4, -0.2) is 0 Å². The summed E-state index contributed by atoms with van der Waals surface area (Å²) < 4.78 is 0. The molecule has 0 saturated carbocycles. The van der Waals surface area contributed by atoms with Gasteiger partial charge in [-0.3, -0.25) is 0 Å². The van der Waals surface area contributed by atoms with Gasteiger partial charge in [0.25, 0.3) is 0 Å². The largest absolute Gasteiger partial charge is 0.0616 e. The van der Waals surface area contributed by atoms with E-state index in [4.69, 9.17) is 0 Å². The summed E-state index contributed by atoms with van der Waals surface area (Å²) in [6.07, 6.45) is 0. The molecule has 0 bridgehead atoms. The van der Waals surface area contributed by atoms with E-state index >= 15 is 0 Å². The zero-order valence-electron chi connectivity index (χ0n) is 32.8. The molecule has 0 heteroatoms. The first-order valence-corrected chi connectivity index (χ1v) is 20.9. The summed E-state index contributed by atoms with van der Waals surface area (Å²) in [5, 5.41) is 22.7. The second-order valence-electron chi connectivity index (χ2n) is 16.4. The first-order valence-electron chi connectivity index (χ1n) is 20.9. The fraction of sp³-hybridized carbons (Fsp3) is 0. The average Bonchev–Trinajstić information content (AvgIpc) is 3.31. The predicted molar refractivity (Wildman–Crippen MR) is 260 cm³/mol. The SMILES string of the molecule is c1ccc2c(-c3cc(-c4c5ccccc5cc5c4ccc4ccccc45)cc(-c4c5ccccc5cc5c4ccc4ccccc45)c3)c3ccc4ccccc4c3cc2c1. The highest BCUT2D eigenvalue weighted by atomic mass is 14.2. The maximum atomic E-state index is 2.49. The molecular weight excluding hydrogens is 721 g/mol. The molecule has 0 radical (unpaired) electrons. The molecule has 0 spiro atoms. The van der Waals surface area contributed by atoms with Crippen molar-refractivity contribution >= 4 is 97.0 Å². The molecule has 0 aliphatic carbocycles. The Labute approximate surface area is 347 Å². The van der Waals surface area contributed by atoms with Crippen molar-refractivity contribution in [3.8, 4) is 33.4 Å². The van der Waals surface area contributed by atoms with Gasteiger partial charge in [0.1, 0.15) is 0 Å². The lowest BCUT2D eigenvalue weighted by Gasteiger charge is -2.20. The van der Waals surface area contributed by atoms with Gasteiger partial charge in [-0.05, 0) is 167 Å². The zero-order chi connectivity index (χ0) is 39.3. The van der Waals surface area contributed by atoms with Crippen LogP contribution in [0.4, 0.5) is 0 Å². The lowest BCUT2D eigenvalue weighted by molar-refractivity contribution is 1.64. The molecule has 13 aromatic rings. The Morgan fingerprint density at radius 1 is 0.150 bits per heavy atom. The van der Waals surface area contributed by atoms with E-state index in [0.29, 0.717) is 0 Å². The van der Waals surface area contributed by atoms with Crippen molar-refractivity contribution < 1.29 is 0 Å². The van der Waals surface area contributed by atoms with Crippen LogP contribution >= 0.6 is 0 Å². The molecule has 0 saturated heterocycles. The van der Waals surface area contributed by atoms with E-state index < -0.39 is 0 Å². The van der Waals surface area contributed by atoms with Gasteiger partial charge in [0.05, 0.1) is 0 Å². The second kappa shape index (κ2) is 12.9. The average molecular weight is 757 g/mol. The Balaban J connectivity index is 1.23. The minimum atomic E-state index is 1.21. The number of benzene rings is 13. The minimum absolute atomic E-state index is 1.21. The normalized spacial score (nSPS) is 12.0. The maximum absolute atomic E-state index is 2.49. The molecule has 0 heterocycles. The van der Waals surface area contributed by atoms with Gasteiger partial charge >= 0.3 is 0 Å². The van der Waals surface area contributed by atoms with Crippen LogP contribution in [0.2, 0.25) is 0 Å². The lowest BCUT2D eigenvalue weighted by atomic mass is 9.83. The van der Waals surface area contributed by atoms with Crippen LogP contribution in [-0.2, 0) is 0 Å². The number of hydrogen-bond donors (Lipinski definition) is 0. The third-order valence-electron chi connectivity index (χ3n) is 13.1. The smallest absolute Gasteiger partial charge is 0.00262 e. The molecule has 13 rings (SSSR count). The van der Waals surface area contributed by atoms with Gasteiger partial charge in [0.2, 0.25) is 0 Å². The molecule has 13 aromatic carbocycles. The van der Waals surface area contributed by atoms with E-state index in [2.05, 4.69) is 218 Å². The van der Waals surface area contributed by atoms with E-state index in [1.807, 2.05) is 0 Å². The van der Waals surface area contributed by atoms with Crippen LogP contribution in [0.1, 0.15) is 0 Å². The Morgan fingerprint density at radius 3 is 0.700 bits per heavy atom. The van der Waals surface area contributed by atoms with Crippen molar-refractivity contribution in [2.45, 2.75) is 0 Å². The highest BCUT2D eigenvalue weighted by Gasteiger charge is 2.20. The molecule has 0 atom stereocenters. The Bertz CT molecular complexity index is 3520. The third kappa shape index (κ3) is 4.92. The Morgan fingerprint density at radius 2 is 0.400 bits per heavy atom. The van der Waals surface area contributed by atoms with Crippen LogP contribution in [0.3, 0.4) is 0 Å². The van der Waals surface area contributed by atoms with Crippen LogP contribution in [0.5, 0.6) is 0 Å². The van der Waals surface area contributed by atoms with Crippen LogP contribution in [0, 0.1) is 0 Å². The van der Waals surface area contributed by atoms with Crippen LogP contribution in [0.25, 0.3) is 130 Å². The quantitative estimate of drug-likeness (QED) is 0.124. The van der Waals surface area contributed by atoms with E-state index in [-0.39, 0.29) is 0 Å². The van der Waals surface area contributed by atoms with Gasteiger partial charge in [-0.1, -0.05) is 182 Å².